The number of carbonyl (C=O) groups excluding carboxylic acids is 1. The van der Waals surface area contributed by atoms with Crippen molar-refractivity contribution >= 4 is 42.8 Å². The number of carbonyl (C=O) groups is 2. The molecular formula is C21H23LiN5O3+. The maximum absolute atomic E-state index is 12.2. The number of benzene rings is 1. The van der Waals surface area contributed by atoms with Crippen LogP contribution in [-0.2, 0) is 4.79 Å². The standard InChI is InChI=1S/C21H21N5O3.Li.H/c22-26-10-9-23-11-17(26)19(15-5-6-16-7-8-18(27)25(16)12-15)24-20(26)13-1-3-14(4-2-13)21(28)29;;/h1-4,9-11,15-16H,5-8,12,22H2;;/p+1/t15-,16+,26?;;/m1../s1. The van der Waals surface area contributed by atoms with Crippen LogP contribution in [0.5, 0.6) is 0 Å². The van der Waals surface area contributed by atoms with Crippen LogP contribution < -0.4 is 5.84 Å². The van der Waals surface area contributed by atoms with Crippen LogP contribution in [0.15, 0.2) is 58.0 Å². The number of aromatic carboxylic acids is 1. The second-order valence-corrected chi connectivity index (χ2v) is 7.95. The van der Waals surface area contributed by atoms with Gasteiger partial charge in [-0.15, -0.1) is 4.59 Å². The van der Waals surface area contributed by atoms with Gasteiger partial charge in [0.2, 0.25) is 11.6 Å². The van der Waals surface area contributed by atoms with E-state index in [2.05, 4.69) is 4.99 Å². The van der Waals surface area contributed by atoms with Gasteiger partial charge < -0.3 is 10.0 Å². The first-order valence-corrected chi connectivity index (χ1v) is 9.83. The van der Waals surface area contributed by atoms with Crippen molar-refractivity contribution in [3.05, 3.63) is 59.2 Å². The second-order valence-electron chi connectivity index (χ2n) is 7.95. The van der Waals surface area contributed by atoms with Crippen molar-refractivity contribution in [2.45, 2.75) is 31.7 Å². The van der Waals surface area contributed by atoms with Crippen LogP contribution >= 0.6 is 0 Å². The first-order chi connectivity index (χ1) is 14.0. The average molecular weight is 400 g/mol. The van der Waals surface area contributed by atoms with Crippen molar-refractivity contribution in [2.24, 2.45) is 21.7 Å². The third-order valence-electron chi connectivity index (χ3n) is 6.32. The normalized spacial score (nSPS) is 29.4. The van der Waals surface area contributed by atoms with Gasteiger partial charge in [-0.25, -0.2) is 4.79 Å². The molecule has 4 heterocycles. The van der Waals surface area contributed by atoms with E-state index in [1.807, 2.05) is 4.90 Å². The van der Waals surface area contributed by atoms with Gasteiger partial charge in [-0.05, 0) is 43.5 Å². The number of piperidine rings is 1. The predicted octanol–water partition coefficient (Wildman–Crippen LogP) is 1.36. The van der Waals surface area contributed by atoms with Crippen molar-refractivity contribution < 1.29 is 19.3 Å². The third-order valence-corrected chi connectivity index (χ3v) is 6.32. The molecule has 4 aliphatic heterocycles. The number of nitrogens with zero attached hydrogens (tertiary/aromatic N) is 4. The molecule has 0 bridgehead atoms. The minimum atomic E-state index is -0.974. The Kier molecular flexibility index (Phi) is 5.28. The number of carboxylic acid groups (broad SMARTS) is 1. The van der Waals surface area contributed by atoms with Crippen LogP contribution in [0.1, 0.15) is 41.6 Å². The predicted molar refractivity (Wildman–Crippen MR) is 114 cm³/mol. The molecule has 2 fully saturated rings. The average Bonchev–Trinajstić information content (AvgIpc) is 3.25. The number of aliphatic imine (C=N–C) groups is 2. The van der Waals surface area contributed by atoms with Crippen LogP contribution in [0.25, 0.3) is 0 Å². The van der Waals surface area contributed by atoms with E-state index in [9.17, 15) is 9.59 Å². The summed E-state index contributed by atoms with van der Waals surface area (Å²) in [6.07, 6.45) is 8.68. The van der Waals surface area contributed by atoms with E-state index in [1.54, 1.807) is 42.9 Å². The Hall–Kier alpha value is -2.50. The number of quaternary nitrogens is 1. The summed E-state index contributed by atoms with van der Waals surface area (Å²) < 4.78 is -0.0981. The van der Waals surface area contributed by atoms with Gasteiger partial charge in [0.25, 0.3) is 5.84 Å². The van der Waals surface area contributed by atoms with Gasteiger partial charge in [-0.2, -0.15) is 10.8 Å². The van der Waals surface area contributed by atoms with Crippen molar-refractivity contribution in [1.82, 2.24) is 4.90 Å². The maximum atomic E-state index is 12.2. The summed E-state index contributed by atoms with van der Waals surface area (Å²) in [5.74, 6) is 6.73. The molecule has 1 aromatic rings. The van der Waals surface area contributed by atoms with Crippen molar-refractivity contribution in [3.8, 4) is 0 Å². The van der Waals surface area contributed by atoms with Gasteiger partial charge in [0.05, 0.1) is 23.5 Å². The van der Waals surface area contributed by atoms with Crippen molar-refractivity contribution in [1.29, 1.82) is 0 Å². The summed E-state index contributed by atoms with van der Waals surface area (Å²) in [7, 11) is 0. The molecule has 4 aliphatic rings. The number of carboxylic acids is 1. The van der Waals surface area contributed by atoms with E-state index in [4.69, 9.17) is 15.9 Å². The van der Waals surface area contributed by atoms with Crippen molar-refractivity contribution in [2.75, 3.05) is 6.54 Å². The van der Waals surface area contributed by atoms with E-state index >= 15 is 0 Å². The molecule has 8 nitrogen and oxygen atoms in total. The molecular weight excluding hydrogens is 377 g/mol. The molecule has 150 valence electrons. The summed E-state index contributed by atoms with van der Waals surface area (Å²) in [4.78, 5) is 34.6. The van der Waals surface area contributed by atoms with E-state index in [0.717, 1.165) is 36.2 Å². The van der Waals surface area contributed by atoms with Crippen LogP contribution in [0.2, 0.25) is 0 Å². The molecule has 0 aliphatic carbocycles. The van der Waals surface area contributed by atoms with Gasteiger partial charge >= 0.3 is 24.8 Å². The molecule has 0 spiro atoms. The van der Waals surface area contributed by atoms with Crippen LogP contribution in [-0.4, -0.2) is 70.0 Å². The van der Waals surface area contributed by atoms with Gasteiger partial charge in [-0.3, -0.25) is 9.79 Å². The number of hydrogen-bond acceptors (Lipinski definition) is 5. The summed E-state index contributed by atoms with van der Waals surface area (Å²) in [5.41, 5.74) is 2.65. The fourth-order valence-electron chi connectivity index (χ4n) is 4.76. The van der Waals surface area contributed by atoms with Crippen LogP contribution in [0.4, 0.5) is 0 Å². The van der Waals surface area contributed by atoms with Gasteiger partial charge in [0.1, 0.15) is 11.9 Å². The molecule has 3 atom stereocenters. The van der Waals surface area contributed by atoms with E-state index < -0.39 is 5.97 Å². The molecule has 1 amide bonds. The van der Waals surface area contributed by atoms with E-state index in [-0.39, 0.29) is 40.8 Å². The Balaban J connectivity index is 0.00000218. The van der Waals surface area contributed by atoms with Crippen LogP contribution in [0.3, 0.4) is 0 Å². The molecule has 2 saturated heterocycles. The number of fused-ring (bicyclic) bond motifs is 2. The monoisotopic (exact) mass is 400 g/mol. The molecule has 30 heavy (non-hydrogen) atoms. The fraction of sp³-hybridized carbons (Fsp3) is 0.333. The zero-order valence-corrected chi connectivity index (χ0v) is 15.9. The number of amides is 1. The number of amidine groups is 1. The number of nitrogens with two attached hydrogens (primary N) is 1. The summed E-state index contributed by atoms with van der Waals surface area (Å²) >= 11 is 0. The Morgan fingerprint density at radius 2 is 1.97 bits per heavy atom. The Labute approximate surface area is 186 Å². The van der Waals surface area contributed by atoms with Gasteiger partial charge in [0.15, 0.2) is 0 Å². The Bertz CT molecular complexity index is 1030. The first kappa shape index (κ1) is 20.8. The van der Waals surface area contributed by atoms with Crippen LogP contribution in [0, 0.1) is 5.92 Å². The number of rotatable bonds is 3. The van der Waals surface area contributed by atoms with Gasteiger partial charge in [0, 0.05) is 24.9 Å². The fourth-order valence-corrected chi connectivity index (χ4v) is 4.76. The number of hydrogen-bond donors (Lipinski definition) is 2. The topological polar surface area (TPSA) is 108 Å². The molecule has 1 unspecified atom stereocenters. The zero-order valence-electron chi connectivity index (χ0n) is 15.9. The zero-order chi connectivity index (χ0) is 20.2. The van der Waals surface area contributed by atoms with E-state index in [1.165, 1.54) is 0 Å². The summed E-state index contributed by atoms with van der Waals surface area (Å²) in [5, 5.41) is 9.16. The Morgan fingerprint density at radius 3 is 2.70 bits per heavy atom. The molecule has 9 heteroatoms. The number of allylic oxidation sites excluding steroid dienone is 1. The molecule has 0 saturated carbocycles. The molecule has 0 aromatic heterocycles. The van der Waals surface area contributed by atoms with Crippen molar-refractivity contribution in [3.63, 3.8) is 0 Å². The third kappa shape index (κ3) is 3.17. The molecule has 3 N–H and O–H groups in total. The van der Waals surface area contributed by atoms with Gasteiger partial charge in [-0.1, -0.05) is 0 Å². The first-order valence-electron chi connectivity index (χ1n) is 9.83. The quantitative estimate of drug-likeness (QED) is 0.454. The molecule has 1 aromatic carbocycles. The summed E-state index contributed by atoms with van der Waals surface area (Å²) in [6.45, 7) is 0.661. The van der Waals surface area contributed by atoms with E-state index in [0.29, 0.717) is 24.8 Å². The SMILES string of the molecule is N[N+]12C=CN=CC1=C([C@@H]1CC[C@H]3CCC(=O)N3C1)N=C2c1ccc(C(=O)O)cc1.[LiH]. The minimum absolute atomic E-state index is 0. The second kappa shape index (κ2) is 7.64. The molecule has 0 radical (unpaired) electrons. The summed E-state index contributed by atoms with van der Waals surface area (Å²) in [6, 6.07) is 6.93. The Morgan fingerprint density at radius 1 is 1.20 bits per heavy atom. The molecule has 5 rings (SSSR count).